The van der Waals surface area contributed by atoms with Gasteiger partial charge in [0.15, 0.2) is 9.84 Å². The van der Waals surface area contributed by atoms with Crippen molar-refractivity contribution in [3.05, 3.63) is 84.2 Å². The molecule has 1 N–H and O–H groups in total. The zero-order valence-electron chi connectivity index (χ0n) is 17.1. The predicted octanol–water partition coefficient (Wildman–Crippen LogP) is 3.40. The largest absolute Gasteiger partial charge is 0.314 e. The van der Waals surface area contributed by atoms with Crippen molar-refractivity contribution in [2.45, 2.75) is 11.4 Å². The standard InChI is InChI=1S/C23H19FN4O3S/c1-32(30,31)19-12-8-17(9-13-19)23-26-20-4-2-3-5-21(20)28(23)15-22(29)27-25-14-16-6-10-18(24)11-7-16/h2-14H,15H2,1H3,(H,27,29)/b25-14+. The van der Waals surface area contributed by atoms with Crippen molar-refractivity contribution in [3.63, 3.8) is 0 Å². The van der Waals surface area contributed by atoms with Gasteiger partial charge in [0.25, 0.3) is 5.91 Å². The first-order valence-electron chi connectivity index (χ1n) is 9.64. The molecule has 0 saturated carbocycles. The van der Waals surface area contributed by atoms with E-state index in [9.17, 15) is 17.6 Å². The maximum Gasteiger partial charge on any atom is 0.260 e. The van der Waals surface area contributed by atoms with Crippen LogP contribution in [0.4, 0.5) is 4.39 Å². The van der Waals surface area contributed by atoms with Crippen LogP contribution in [0.1, 0.15) is 5.56 Å². The Bertz CT molecular complexity index is 1410. The second kappa shape index (κ2) is 8.72. The molecule has 1 aromatic heterocycles. The monoisotopic (exact) mass is 450 g/mol. The minimum atomic E-state index is -3.32. The highest BCUT2D eigenvalue weighted by Gasteiger charge is 2.16. The lowest BCUT2D eigenvalue weighted by atomic mass is 10.2. The van der Waals surface area contributed by atoms with Gasteiger partial charge in [0.05, 0.1) is 22.1 Å². The van der Waals surface area contributed by atoms with Crippen molar-refractivity contribution in [3.8, 4) is 11.4 Å². The number of hydrogen-bond acceptors (Lipinski definition) is 5. The zero-order chi connectivity index (χ0) is 22.7. The molecule has 0 saturated heterocycles. The van der Waals surface area contributed by atoms with Gasteiger partial charge < -0.3 is 4.57 Å². The molecule has 0 atom stereocenters. The molecule has 0 spiro atoms. The summed E-state index contributed by atoms with van der Waals surface area (Å²) in [5.74, 6) is -0.195. The number of nitrogens with one attached hydrogen (secondary N) is 1. The number of carbonyl (C=O) groups excluding carboxylic acids is 1. The SMILES string of the molecule is CS(=O)(=O)c1ccc(-c2nc3ccccc3n2CC(=O)N/N=C/c2ccc(F)cc2)cc1. The molecule has 4 aromatic rings. The number of para-hydroxylation sites is 2. The Kier molecular flexibility index (Phi) is 5.83. The molecule has 32 heavy (non-hydrogen) atoms. The summed E-state index contributed by atoms with van der Waals surface area (Å²) in [6, 6.07) is 19.5. The van der Waals surface area contributed by atoms with Gasteiger partial charge in [-0.1, -0.05) is 24.3 Å². The van der Waals surface area contributed by atoms with Crippen molar-refractivity contribution in [2.75, 3.05) is 6.26 Å². The smallest absolute Gasteiger partial charge is 0.260 e. The van der Waals surface area contributed by atoms with E-state index in [-0.39, 0.29) is 23.2 Å². The van der Waals surface area contributed by atoms with Crippen LogP contribution in [0.3, 0.4) is 0 Å². The summed E-state index contributed by atoms with van der Waals surface area (Å²) in [7, 11) is -3.32. The van der Waals surface area contributed by atoms with Gasteiger partial charge in [-0.3, -0.25) is 4.79 Å². The molecule has 162 valence electrons. The summed E-state index contributed by atoms with van der Waals surface area (Å²) in [5.41, 5.74) is 5.25. The van der Waals surface area contributed by atoms with Crippen LogP contribution >= 0.6 is 0 Å². The van der Waals surface area contributed by atoms with Gasteiger partial charge in [-0.2, -0.15) is 5.10 Å². The van der Waals surface area contributed by atoms with Crippen LogP contribution in [0, 0.1) is 5.82 Å². The molecule has 9 heteroatoms. The fourth-order valence-corrected chi connectivity index (χ4v) is 3.84. The van der Waals surface area contributed by atoms with E-state index in [4.69, 9.17) is 0 Å². The lowest BCUT2D eigenvalue weighted by Crippen LogP contribution is -2.23. The van der Waals surface area contributed by atoms with E-state index in [0.29, 0.717) is 22.5 Å². The number of nitrogens with zero attached hydrogens (tertiary/aromatic N) is 3. The molecule has 0 aliphatic heterocycles. The van der Waals surface area contributed by atoms with Crippen molar-refractivity contribution in [1.29, 1.82) is 0 Å². The van der Waals surface area contributed by atoms with Crippen LogP contribution in [0.5, 0.6) is 0 Å². The Hall–Kier alpha value is -3.85. The third-order valence-corrected chi connectivity index (χ3v) is 5.90. The number of imidazole rings is 1. The van der Waals surface area contributed by atoms with Crippen LogP contribution < -0.4 is 5.43 Å². The first-order valence-corrected chi connectivity index (χ1v) is 11.5. The number of hydrogen-bond donors (Lipinski definition) is 1. The van der Waals surface area contributed by atoms with Gasteiger partial charge >= 0.3 is 0 Å². The Morgan fingerprint density at radius 2 is 1.75 bits per heavy atom. The third kappa shape index (κ3) is 4.73. The molecule has 3 aromatic carbocycles. The maximum atomic E-state index is 13.0. The van der Waals surface area contributed by atoms with E-state index in [2.05, 4.69) is 15.5 Å². The second-order valence-electron chi connectivity index (χ2n) is 7.15. The number of benzene rings is 3. The number of amides is 1. The highest BCUT2D eigenvalue weighted by atomic mass is 32.2. The van der Waals surface area contributed by atoms with E-state index in [1.165, 1.54) is 30.5 Å². The lowest BCUT2D eigenvalue weighted by Gasteiger charge is -2.09. The van der Waals surface area contributed by atoms with Crippen LogP contribution in [0.15, 0.2) is 82.8 Å². The molecule has 1 heterocycles. The second-order valence-corrected chi connectivity index (χ2v) is 9.17. The number of fused-ring (bicyclic) bond motifs is 1. The fourth-order valence-electron chi connectivity index (χ4n) is 3.21. The summed E-state index contributed by atoms with van der Waals surface area (Å²) >= 11 is 0. The molecular weight excluding hydrogens is 431 g/mol. The van der Waals surface area contributed by atoms with Crippen LogP contribution in [0.2, 0.25) is 0 Å². The van der Waals surface area contributed by atoms with Crippen molar-refractivity contribution in [1.82, 2.24) is 15.0 Å². The summed E-state index contributed by atoms with van der Waals surface area (Å²) < 4.78 is 38.2. The Morgan fingerprint density at radius 3 is 2.44 bits per heavy atom. The number of hydrazone groups is 1. The first-order chi connectivity index (χ1) is 15.3. The number of carbonyl (C=O) groups is 1. The number of sulfone groups is 1. The molecule has 0 radical (unpaired) electrons. The summed E-state index contributed by atoms with van der Waals surface area (Å²) in [6.07, 6.45) is 2.57. The Balaban J connectivity index is 1.60. The van der Waals surface area contributed by atoms with Crippen LogP contribution in [0.25, 0.3) is 22.4 Å². The molecule has 7 nitrogen and oxygen atoms in total. The van der Waals surface area contributed by atoms with Crippen molar-refractivity contribution >= 4 is 33.0 Å². The molecule has 0 unspecified atom stereocenters. The quantitative estimate of drug-likeness (QED) is 0.360. The van der Waals surface area contributed by atoms with Gasteiger partial charge in [0.2, 0.25) is 0 Å². The minimum Gasteiger partial charge on any atom is -0.314 e. The summed E-state index contributed by atoms with van der Waals surface area (Å²) in [6.45, 7) is -0.0512. The molecule has 0 fully saturated rings. The zero-order valence-corrected chi connectivity index (χ0v) is 17.9. The maximum absolute atomic E-state index is 13.0. The fraction of sp³-hybridized carbons (Fsp3) is 0.0870. The summed E-state index contributed by atoms with van der Waals surface area (Å²) in [5, 5.41) is 3.93. The minimum absolute atomic E-state index is 0.0512. The van der Waals surface area contributed by atoms with Gasteiger partial charge in [-0.25, -0.2) is 23.2 Å². The first kappa shape index (κ1) is 21.4. The predicted molar refractivity (Wildman–Crippen MR) is 120 cm³/mol. The summed E-state index contributed by atoms with van der Waals surface area (Å²) in [4.78, 5) is 17.4. The molecular formula is C23H19FN4O3S. The van der Waals surface area contributed by atoms with Gasteiger partial charge in [-0.15, -0.1) is 0 Å². The van der Waals surface area contributed by atoms with E-state index in [1.807, 2.05) is 24.3 Å². The van der Waals surface area contributed by atoms with Crippen LogP contribution in [-0.4, -0.2) is 36.3 Å². The van der Waals surface area contributed by atoms with Gasteiger partial charge in [-0.05, 0) is 54.1 Å². The highest BCUT2D eigenvalue weighted by Crippen LogP contribution is 2.26. The lowest BCUT2D eigenvalue weighted by molar-refractivity contribution is -0.121. The van der Waals surface area contributed by atoms with E-state index < -0.39 is 9.84 Å². The highest BCUT2D eigenvalue weighted by molar-refractivity contribution is 7.90. The molecule has 4 rings (SSSR count). The molecule has 0 aliphatic rings. The Morgan fingerprint density at radius 1 is 1.06 bits per heavy atom. The number of halogens is 1. The van der Waals surface area contributed by atoms with E-state index in [1.54, 1.807) is 28.8 Å². The molecule has 0 bridgehead atoms. The molecule has 0 aliphatic carbocycles. The topological polar surface area (TPSA) is 93.4 Å². The average molecular weight is 450 g/mol. The third-order valence-electron chi connectivity index (χ3n) is 4.77. The van der Waals surface area contributed by atoms with E-state index >= 15 is 0 Å². The number of aromatic nitrogens is 2. The van der Waals surface area contributed by atoms with E-state index in [0.717, 1.165) is 11.8 Å². The normalized spacial score (nSPS) is 11.8. The van der Waals surface area contributed by atoms with Crippen molar-refractivity contribution < 1.29 is 17.6 Å². The Labute approximate surface area is 184 Å². The van der Waals surface area contributed by atoms with Gasteiger partial charge in [0.1, 0.15) is 18.2 Å². The van der Waals surface area contributed by atoms with Crippen LogP contribution in [-0.2, 0) is 21.2 Å². The average Bonchev–Trinajstić information content (AvgIpc) is 3.13. The van der Waals surface area contributed by atoms with Gasteiger partial charge in [0, 0.05) is 11.8 Å². The number of rotatable bonds is 6. The van der Waals surface area contributed by atoms with Crippen molar-refractivity contribution in [2.24, 2.45) is 5.10 Å². The molecule has 1 amide bonds.